The second-order valence-electron chi connectivity index (χ2n) is 5.71. The molecule has 0 bridgehead atoms. The second kappa shape index (κ2) is 5.90. The molecule has 1 amide bonds. The maximum Gasteiger partial charge on any atom is 0.269 e. The van der Waals surface area contributed by atoms with E-state index in [0.29, 0.717) is 41.7 Å². The molecule has 1 aliphatic rings. The van der Waals surface area contributed by atoms with Gasteiger partial charge >= 0.3 is 0 Å². The van der Waals surface area contributed by atoms with Crippen LogP contribution in [0.15, 0.2) is 36.5 Å². The number of hydrogen-bond donors (Lipinski definition) is 3. The van der Waals surface area contributed by atoms with Gasteiger partial charge in [-0.25, -0.2) is 9.97 Å². The van der Waals surface area contributed by atoms with E-state index in [4.69, 9.17) is 5.73 Å². The van der Waals surface area contributed by atoms with Gasteiger partial charge in [0.1, 0.15) is 11.4 Å². The SMILES string of the molecule is CNc1ccc(-c2nccc(-c3cc4n(n3)CCNC4=O)n2)cc1N. The van der Waals surface area contributed by atoms with E-state index < -0.39 is 0 Å². The predicted octanol–water partition coefficient (Wildman–Crippen LogP) is 1.37. The van der Waals surface area contributed by atoms with E-state index in [-0.39, 0.29) is 5.91 Å². The number of nitrogens with two attached hydrogens (primary N) is 1. The van der Waals surface area contributed by atoms with Gasteiger partial charge in [0, 0.05) is 25.4 Å². The first-order valence-electron chi connectivity index (χ1n) is 7.93. The first-order chi connectivity index (χ1) is 12.2. The lowest BCUT2D eigenvalue weighted by Gasteiger charge is -2.13. The molecule has 3 aromatic rings. The van der Waals surface area contributed by atoms with Gasteiger partial charge in [0.15, 0.2) is 5.82 Å². The van der Waals surface area contributed by atoms with E-state index >= 15 is 0 Å². The van der Waals surface area contributed by atoms with Gasteiger partial charge in [-0.15, -0.1) is 0 Å². The van der Waals surface area contributed by atoms with Crippen LogP contribution in [0.5, 0.6) is 0 Å². The van der Waals surface area contributed by atoms with Crippen LogP contribution in [-0.2, 0) is 6.54 Å². The first kappa shape index (κ1) is 15.1. The monoisotopic (exact) mass is 335 g/mol. The second-order valence-corrected chi connectivity index (χ2v) is 5.71. The van der Waals surface area contributed by atoms with Gasteiger partial charge in [0.2, 0.25) is 0 Å². The summed E-state index contributed by atoms with van der Waals surface area (Å²) in [6.07, 6.45) is 1.68. The fourth-order valence-electron chi connectivity index (χ4n) is 2.83. The zero-order valence-electron chi connectivity index (χ0n) is 13.7. The minimum atomic E-state index is -0.116. The Balaban J connectivity index is 1.73. The molecule has 4 rings (SSSR count). The summed E-state index contributed by atoms with van der Waals surface area (Å²) in [7, 11) is 1.82. The number of rotatable bonds is 3. The number of amides is 1. The smallest absolute Gasteiger partial charge is 0.269 e. The molecule has 0 unspecified atom stereocenters. The summed E-state index contributed by atoms with van der Waals surface area (Å²) in [6.45, 7) is 1.24. The van der Waals surface area contributed by atoms with Crippen LogP contribution in [0, 0.1) is 0 Å². The van der Waals surface area contributed by atoms with Crippen molar-refractivity contribution in [3.05, 3.63) is 42.2 Å². The molecule has 0 aliphatic carbocycles. The number of nitrogens with one attached hydrogen (secondary N) is 2. The molecule has 0 radical (unpaired) electrons. The highest BCUT2D eigenvalue weighted by atomic mass is 16.2. The zero-order chi connectivity index (χ0) is 17.4. The van der Waals surface area contributed by atoms with Gasteiger partial charge in [0.05, 0.1) is 23.6 Å². The fourth-order valence-corrected chi connectivity index (χ4v) is 2.83. The van der Waals surface area contributed by atoms with Crippen LogP contribution in [-0.4, -0.2) is 39.2 Å². The summed E-state index contributed by atoms with van der Waals surface area (Å²) >= 11 is 0. The molecule has 8 nitrogen and oxygen atoms in total. The quantitative estimate of drug-likeness (QED) is 0.624. The van der Waals surface area contributed by atoms with E-state index in [1.807, 2.05) is 25.2 Å². The number of anilines is 2. The highest BCUT2D eigenvalue weighted by Crippen LogP contribution is 2.26. The number of nitrogen functional groups attached to an aromatic ring is 1. The molecule has 2 aromatic heterocycles. The van der Waals surface area contributed by atoms with Crippen molar-refractivity contribution in [2.75, 3.05) is 24.6 Å². The first-order valence-corrected chi connectivity index (χ1v) is 7.93. The maximum atomic E-state index is 11.9. The molecule has 1 aromatic carbocycles. The van der Waals surface area contributed by atoms with E-state index in [1.165, 1.54) is 0 Å². The van der Waals surface area contributed by atoms with E-state index in [1.54, 1.807) is 23.0 Å². The van der Waals surface area contributed by atoms with Crippen LogP contribution >= 0.6 is 0 Å². The Morgan fingerprint density at radius 2 is 2.12 bits per heavy atom. The molecule has 0 spiro atoms. The molecule has 25 heavy (non-hydrogen) atoms. The summed E-state index contributed by atoms with van der Waals surface area (Å²) in [5.41, 5.74) is 10.2. The minimum absolute atomic E-state index is 0.116. The molecule has 8 heteroatoms. The lowest BCUT2D eigenvalue weighted by molar-refractivity contribution is 0.0924. The average Bonchev–Trinajstić information content (AvgIpc) is 3.07. The minimum Gasteiger partial charge on any atom is -0.397 e. The molecule has 1 aliphatic heterocycles. The van der Waals surface area contributed by atoms with Crippen LogP contribution in [0.2, 0.25) is 0 Å². The molecule has 0 saturated carbocycles. The lowest BCUT2D eigenvalue weighted by atomic mass is 10.1. The van der Waals surface area contributed by atoms with Crippen molar-refractivity contribution in [3.63, 3.8) is 0 Å². The van der Waals surface area contributed by atoms with Crippen LogP contribution in [0.1, 0.15) is 10.5 Å². The van der Waals surface area contributed by atoms with Crippen molar-refractivity contribution < 1.29 is 4.79 Å². The summed E-state index contributed by atoms with van der Waals surface area (Å²) in [5.74, 6) is 0.442. The number of hydrogen-bond acceptors (Lipinski definition) is 6. The van der Waals surface area contributed by atoms with Crippen LogP contribution in [0.3, 0.4) is 0 Å². The van der Waals surface area contributed by atoms with Gasteiger partial charge in [-0.1, -0.05) is 0 Å². The molecule has 126 valence electrons. The van der Waals surface area contributed by atoms with Gasteiger partial charge < -0.3 is 16.4 Å². The van der Waals surface area contributed by atoms with Crippen molar-refractivity contribution in [2.24, 2.45) is 0 Å². The number of fused-ring (bicyclic) bond motifs is 1. The van der Waals surface area contributed by atoms with Gasteiger partial charge in [-0.3, -0.25) is 9.48 Å². The van der Waals surface area contributed by atoms with Crippen molar-refractivity contribution >= 4 is 17.3 Å². The normalized spacial score (nSPS) is 13.2. The number of nitrogens with zero attached hydrogens (tertiary/aromatic N) is 4. The Morgan fingerprint density at radius 1 is 1.24 bits per heavy atom. The molecular formula is C17H17N7O. The molecule has 0 atom stereocenters. The van der Waals surface area contributed by atoms with Gasteiger partial charge in [-0.05, 0) is 30.3 Å². The largest absolute Gasteiger partial charge is 0.397 e. The molecule has 4 N–H and O–H groups in total. The molecule has 0 saturated heterocycles. The molecule has 3 heterocycles. The highest BCUT2D eigenvalue weighted by molar-refractivity contribution is 5.94. The standard InChI is InChI=1S/C17H17N7O/c1-19-12-3-2-10(8-11(12)18)16-20-5-4-13(22-16)14-9-15-17(25)21-6-7-24(15)23-14/h2-5,8-9,19H,6-7,18H2,1H3,(H,21,25). The topological polar surface area (TPSA) is 111 Å². The lowest BCUT2D eigenvalue weighted by Crippen LogP contribution is -2.35. The third-order valence-corrected chi connectivity index (χ3v) is 4.12. The van der Waals surface area contributed by atoms with Crippen LogP contribution in [0.4, 0.5) is 11.4 Å². The van der Waals surface area contributed by atoms with Crippen LogP contribution in [0.25, 0.3) is 22.8 Å². The maximum absolute atomic E-state index is 11.9. The van der Waals surface area contributed by atoms with Crippen LogP contribution < -0.4 is 16.4 Å². The Labute approximate surface area is 144 Å². The van der Waals surface area contributed by atoms with E-state index in [2.05, 4.69) is 25.7 Å². The Morgan fingerprint density at radius 3 is 2.88 bits per heavy atom. The van der Waals surface area contributed by atoms with Crippen molar-refractivity contribution in [1.29, 1.82) is 0 Å². The average molecular weight is 335 g/mol. The molecular weight excluding hydrogens is 318 g/mol. The van der Waals surface area contributed by atoms with Crippen molar-refractivity contribution in [1.82, 2.24) is 25.1 Å². The number of carbonyl (C=O) groups is 1. The molecule has 0 fully saturated rings. The number of aromatic nitrogens is 4. The summed E-state index contributed by atoms with van der Waals surface area (Å²) in [4.78, 5) is 20.8. The predicted molar refractivity (Wildman–Crippen MR) is 95.0 cm³/mol. The third kappa shape index (κ3) is 2.67. The van der Waals surface area contributed by atoms with Crippen molar-refractivity contribution in [2.45, 2.75) is 6.54 Å². The van der Waals surface area contributed by atoms with Gasteiger partial charge in [-0.2, -0.15) is 5.10 Å². The third-order valence-electron chi connectivity index (χ3n) is 4.12. The number of carbonyl (C=O) groups excluding carboxylic acids is 1. The summed E-state index contributed by atoms with van der Waals surface area (Å²) in [6, 6.07) is 9.16. The summed E-state index contributed by atoms with van der Waals surface area (Å²) in [5, 5.41) is 10.3. The number of benzene rings is 1. The Kier molecular flexibility index (Phi) is 3.57. The van der Waals surface area contributed by atoms with E-state index in [9.17, 15) is 4.79 Å². The Hall–Kier alpha value is -3.42. The van der Waals surface area contributed by atoms with E-state index in [0.717, 1.165) is 11.3 Å². The Bertz CT molecular complexity index is 963. The summed E-state index contributed by atoms with van der Waals surface area (Å²) < 4.78 is 1.70. The fraction of sp³-hybridized carbons (Fsp3) is 0.176. The van der Waals surface area contributed by atoms with Crippen molar-refractivity contribution in [3.8, 4) is 22.8 Å². The zero-order valence-corrected chi connectivity index (χ0v) is 13.7. The van der Waals surface area contributed by atoms with Gasteiger partial charge in [0.25, 0.3) is 5.91 Å². The highest BCUT2D eigenvalue weighted by Gasteiger charge is 2.20.